The van der Waals surface area contributed by atoms with Gasteiger partial charge in [0.25, 0.3) is 5.56 Å². The van der Waals surface area contributed by atoms with Crippen LogP contribution in [-0.2, 0) is 6.54 Å². The Labute approximate surface area is 154 Å². The molecule has 2 aromatic heterocycles. The maximum absolute atomic E-state index is 13.2. The van der Waals surface area contributed by atoms with Gasteiger partial charge < -0.3 is 0 Å². The minimum Gasteiger partial charge on any atom is -0.280 e. The lowest BCUT2D eigenvalue weighted by atomic mass is 10.1. The molecule has 0 amide bonds. The summed E-state index contributed by atoms with van der Waals surface area (Å²) in [4.78, 5) is 27.9. The molecule has 0 spiro atoms. The van der Waals surface area contributed by atoms with Crippen molar-refractivity contribution in [1.82, 2.24) is 9.13 Å². The Hall–Kier alpha value is -2.92. The smallest absolute Gasteiger partial charge is 0.280 e. The Morgan fingerprint density at radius 1 is 0.923 bits per heavy atom. The number of thiophene rings is 1. The highest BCUT2D eigenvalue weighted by molar-refractivity contribution is 7.18. The summed E-state index contributed by atoms with van der Waals surface area (Å²) >= 11 is 1.48. The van der Waals surface area contributed by atoms with Crippen LogP contribution in [0.4, 0.5) is 0 Å². The van der Waals surface area contributed by atoms with E-state index in [-0.39, 0.29) is 11.2 Å². The van der Waals surface area contributed by atoms with Crippen LogP contribution < -0.4 is 11.2 Å². The average Bonchev–Trinajstić information content (AvgIpc) is 3.03. The largest absolute Gasteiger partial charge is 0.337 e. The molecule has 0 saturated heterocycles. The summed E-state index contributed by atoms with van der Waals surface area (Å²) in [6.45, 7) is 4.42. The van der Waals surface area contributed by atoms with Crippen LogP contribution in [0.1, 0.15) is 16.0 Å². The minimum atomic E-state index is -0.309. The molecule has 0 bridgehead atoms. The van der Waals surface area contributed by atoms with E-state index in [1.807, 2.05) is 62.4 Å². The number of nitrogens with zero attached hydrogens (tertiary/aromatic N) is 2. The predicted molar refractivity (Wildman–Crippen MR) is 107 cm³/mol. The molecule has 0 aliphatic rings. The molecule has 0 unspecified atom stereocenters. The second kappa shape index (κ2) is 6.42. The van der Waals surface area contributed by atoms with E-state index in [0.29, 0.717) is 17.6 Å². The quantitative estimate of drug-likeness (QED) is 0.555. The molecule has 4 rings (SSSR count). The average molecular weight is 362 g/mol. The van der Waals surface area contributed by atoms with Crippen LogP contribution in [0, 0.1) is 13.8 Å². The van der Waals surface area contributed by atoms with Gasteiger partial charge in [0.15, 0.2) is 0 Å². The monoisotopic (exact) mass is 362 g/mol. The number of rotatable bonds is 3. The van der Waals surface area contributed by atoms with Crippen molar-refractivity contribution < 1.29 is 0 Å². The van der Waals surface area contributed by atoms with Gasteiger partial charge in [-0.1, -0.05) is 48.0 Å². The summed E-state index contributed by atoms with van der Waals surface area (Å²) in [5.74, 6) is 0. The fourth-order valence-corrected chi connectivity index (χ4v) is 4.08. The summed E-state index contributed by atoms with van der Waals surface area (Å²) in [6, 6.07) is 19.1. The maximum atomic E-state index is 13.2. The summed E-state index contributed by atoms with van der Waals surface area (Å²) in [7, 11) is 0. The molecular formula is C21H18N2O2S. The van der Waals surface area contributed by atoms with E-state index in [2.05, 4.69) is 0 Å². The third-order valence-corrected chi connectivity index (χ3v) is 5.49. The van der Waals surface area contributed by atoms with Crippen LogP contribution in [-0.4, -0.2) is 9.13 Å². The first-order chi connectivity index (χ1) is 12.5. The fraction of sp³-hybridized carbons (Fsp3) is 0.143. The Kier molecular flexibility index (Phi) is 4.09. The van der Waals surface area contributed by atoms with Gasteiger partial charge in [0.2, 0.25) is 0 Å². The number of para-hydroxylation sites is 1. The number of fused-ring (bicyclic) bond motifs is 1. The van der Waals surface area contributed by atoms with Crippen molar-refractivity contribution in [3.63, 3.8) is 0 Å². The maximum Gasteiger partial charge on any atom is 0.337 e. The zero-order valence-electron chi connectivity index (χ0n) is 14.6. The van der Waals surface area contributed by atoms with Crippen molar-refractivity contribution in [2.45, 2.75) is 20.4 Å². The molecule has 2 aromatic carbocycles. The van der Waals surface area contributed by atoms with Gasteiger partial charge in [-0.05, 0) is 37.6 Å². The van der Waals surface area contributed by atoms with Gasteiger partial charge >= 0.3 is 5.69 Å². The molecule has 0 saturated carbocycles. The van der Waals surface area contributed by atoms with E-state index in [1.165, 1.54) is 21.5 Å². The fourth-order valence-electron chi connectivity index (χ4n) is 3.09. The first kappa shape index (κ1) is 16.5. The van der Waals surface area contributed by atoms with Crippen LogP contribution in [0.15, 0.2) is 70.3 Å². The van der Waals surface area contributed by atoms with E-state index in [1.54, 1.807) is 16.7 Å². The lowest BCUT2D eigenvalue weighted by Crippen LogP contribution is -2.38. The van der Waals surface area contributed by atoms with Crippen LogP contribution >= 0.6 is 11.3 Å². The van der Waals surface area contributed by atoms with Crippen molar-refractivity contribution in [1.29, 1.82) is 0 Å². The van der Waals surface area contributed by atoms with Gasteiger partial charge in [0, 0.05) is 4.88 Å². The molecule has 0 radical (unpaired) electrons. The minimum absolute atomic E-state index is 0.263. The SMILES string of the molecule is Cc1ccc(Cn2c(=O)n(-c3ccccc3)c(=O)c3cc(C)sc32)cc1. The van der Waals surface area contributed by atoms with E-state index in [0.717, 1.165) is 15.3 Å². The zero-order chi connectivity index (χ0) is 18.3. The van der Waals surface area contributed by atoms with Gasteiger partial charge in [-0.25, -0.2) is 9.36 Å². The second-order valence-corrected chi connectivity index (χ2v) is 7.64. The summed E-state index contributed by atoms with van der Waals surface area (Å²) < 4.78 is 2.97. The molecule has 130 valence electrons. The van der Waals surface area contributed by atoms with E-state index in [4.69, 9.17) is 0 Å². The van der Waals surface area contributed by atoms with Crippen molar-refractivity contribution in [2.75, 3.05) is 0 Å². The summed E-state index contributed by atoms with van der Waals surface area (Å²) in [6.07, 6.45) is 0. The highest BCUT2D eigenvalue weighted by atomic mass is 32.1. The Bertz CT molecular complexity index is 1200. The zero-order valence-corrected chi connectivity index (χ0v) is 15.4. The van der Waals surface area contributed by atoms with Crippen LogP contribution in [0.2, 0.25) is 0 Å². The van der Waals surface area contributed by atoms with E-state index >= 15 is 0 Å². The highest BCUT2D eigenvalue weighted by Gasteiger charge is 2.16. The molecule has 26 heavy (non-hydrogen) atoms. The van der Waals surface area contributed by atoms with Crippen molar-refractivity contribution >= 4 is 21.6 Å². The van der Waals surface area contributed by atoms with Gasteiger partial charge in [-0.2, -0.15) is 0 Å². The van der Waals surface area contributed by atoms with Gasteiger partial charge in [0.1, 0.15) is 4.83 Å². The van der Waals surface area contributed by atoms with Crippen molar-refractivity contribution in [2.24, 2.45) is 0 Å². The molecule has 0 aliphatic carbocycles. The molecule has 5 heteroatoms. The van der Waals surface area contributed by atoms with Crippen molar-refractivity contribution in [3.8, 4) is 5.69 Å². The predicted octanol–water partition coefficient (Wildman–Crippen LogP) is 3.88. The Morgan fingerprint density at radius 3 is 2.31 bits per heavy atom. The number of hydrogen-bond donors (Lipinski definition) is 0. The lowest BCUT2D eigenvalue weighted by Gasteiger charge is -2.12. The molecule has 0 atom stereocenters. The topological polar surface area (TPSA) is 44.0 Å². The van der Waals surface area contributed by atoms with Crippen LogP contribution in [0.25, 0.3) is 15.9 Å². The number of aromatic nitrogens is 2. The molecular weight excluding hydrogens is 344 g/mol. The number of aryl methyl sites for hydroxylation is 2. The number of hydrogen-bond acceptors (Lipinski definition) is 3. The van der Waals surface area contributed by atoms with Crippen LogP contribution in [0.3, 0.4) is 0 Å². The van der Waals surface area contributed by atoms with Crippen LogP contribution in [0.5, 0.6) is 0 Å². The van der Waals surface area contributed by atoms with E-state index in [9.17, 15) is 9.59 Å². The summed E-state index contributed by atoms with van der Waals surface area (Å²) in [5.41, 5.74) is 2.22. The third kappa shape index (κ3) is 2.80. The highest BCUT2D eigenvalue weighted by Crippen LogP contribution is 2.22. The first-order valence-corrected chi connectivity index (χ1v) is 9.23. The van der Waals surface area contributed by atoms with Gasteiger partial charge in [-0.3, -0.25) is 9.36 Å². The normalized spacial score (nSPS) is 11.2. The molecule has 0 fully saturated rings. The third-order valence-electron chi connectivity index (χ3n) is 4.41. The molecule has 2 heterocycles. The Morgan fingerprint density at radius 2 is 1.62 bits per heavy atom. The van der Waals surface area contributed by atoms with Crippen molar-refractivity contribution in [3.05, 3.63) is 97.5 Å². The molecule has 0 N–H and O–H groups in total. The summed E-state index contributed by atoms with van der Waals surface area (Å²) in [5, 5.41) is 0.586. The first-order valence-electron chi connectivity index (χ1n) is 8.41. The lowest BCUT2D eigenvalue weighted by molar-refractivity contribution is 0.719. The number of benzene rings is 2. The van der Waals surface area contributed by atoms with Gasteiger partial charge in [0.05, 0.1) is 17.6 Å². The second-order valence-electron chi connectivity index (χ2n) is 6.41. The van der Waals surface area contributed by atoms with Gasteiger partial charge in [-0.15, -0.1) is 11.3 Å². The molecule has 4 aromatic rings. The van der Waals surface area contributed by atoms with E-state index < -0.39 is 0 Å². The Balaban J connectivity index is 2.01. The molecule has 4 nitrogen and oxygen atoms in total. The standard InChI is InChI=1S/C21H18N2O2S/c1-14-8-10-16(11-9-14)13-22-20-18(12-15(2)26-20)19(24)23(21(22)25)17-6-4-3-5-7-17/h3-12H,13H2,1-2H3. The molecule has 0 aliphatic heterocycles.